The lowest BCUT2D eigenvalue weighted by molar-refractivity contribution is -0.276. The smallest absolute Gasteiger partial charge is 0.388 e. The fraction of sp³-hybridized carbons (Fsp3) is 0.500. The number of rotatable bonds is 2. The van der Waals surface area contributed by atoms with Crippen LogP contribution in [0.4, 0.5) is 13.2 Å². The van der Waals surface area contributed by atoms with Crippen molar-refractivity contribution in [2.24, 2.45) is 0 Å². The molecule has 0 aliphatic carbocycles. The lowest BCUT2D eigenvalue weighted by Crippen LogP contribution is -2.19. The predicted molar refractivity (Wildman–Crippen MR) is 49.7 cm³/mol. The second-order valence-electron chi connectivity index (χ2n) is 3.55. The van der Waals surface area contributed by atoms with E-state index < -0.39 is 6.36 Å². The number of hydrogen-bond donors (Lipinski definition) is 0. The van der Waals surface area contributed by atoms with Crippen molar-refractivity contribution in [3.8, 4) is 5.88 Å². The first-order valence-corrected chi connectivity index (χ1v) is 4.52. The van der Waals surface area contributed by atoms with E-state index in [9.17, 15) is 13.2 Å². The maximum absolute atomic E-state index is 12.1. The van der Waals surface area contributed by atoms with Gasteiger partial charge in [-0.25, -0.2) is 4.98 Å². The van der Waals surface area contributed by atoms with Gasteiger partial charge in [-0.2, -0.15) is 0 Å². The van der Waals surface area contributed by atoms with Gasteiger partial charge in [-0.3, -0.25) is 0 Å². The first-order chi connectivity index (χ1) is 6.81. The van der Waals surface area contributed by atoms with Crippen LogP contribution in [0, 0.1) is 6.92 Å². The standard InChI is InChI=1S/C10H12F3NO/c1-6(2)8-7(3)4-5-14-9(8)15-10(11,12)13/h4-6H,1-3H3. The van der Waals surface area contributed by atoms with Crippen molar-refractivity contribution in [1.82, 2.24) is 4.98 Å². The van der Waals surface area contributed by atoms with E-state index in [1.807, 2.05) is 0 Å². The second-order valence-corrected chi connectivity index (χ2v) is 3.55. The van der Waals surface area contributed by atoms with Gasteiger partial charge in [0, 0.05) is 11.8 Å². The number of aromatic nitrogens is 1. The summed E-state index contributed by atoms with van der Waals surface area (Å²) in [6, 6.07) is 1.67. The van der Waals surface area contributed by atoms with Gasteiger partial charge in [0.2, 0.25) is 5.88 Å². The Labute approximate surface area is 86.1 Å². The molecule has 0 amide bonds. The monoisotopic (exact) mass is 219 g/mol. The zero-order valence-electron chi connectivity index (χ0n) is 8.72. The molecule has 1 aromatic rings. The summed E-state index contributed by atoms with van der Waals surface area (Å²) in [5.41, 5.74) is 1.24. The molecule has 0 spiro atoms. The van der Waals surface area contributed by atoms with Crippen LogP contribution in [-0.4, -0.2) is 11.3 Å². The van der Waals surface area contributed by atoms with Crippen molar-refractivity contribution >= 4 is 0 Å². The minimum absolute atomic E-state index is 0.0592. The maximum atomic E-state index is 12.1. The molecule has 0 atom stereocenters. The Hall–Kier alpha value is -1.26. The van der Waals surface area contributed by atoms with E-state index in [-0.39, 0.29) is 11.8 Å². The zero-order valence-corrected chi connectivity index (χ0v) is 8.72. The third kappa shape index (κ3) is 3.11. The van der Waals surface area contributed by atoms with Gasteiger partial charge in [-0.05, 0) is 24.5 Å². The van der Waals surface area contributed by atoms with Crippen LogP contribution >= 0.6 is 0 Å². The number of ether oxygens (including phenoxy) is 1. The average Bonchev–Trinajstić information content (AvgIpc) is 1.99. The zero-order chi connectivity index (χ0) is 11.6. The number of hydrogen-bond acceptors (Lipinski definition) is 2. The lowest BCUT2D eigenvalue weighted by Gasteiger charge is -2.15. The van der Waals surface area contributed by atoms with Crippen LogP contribution in [0.1, 0.15) is 30.9 Å². The van der Waals surface area contributed by atoms with Crippen LogP contribution in [0.2, 0.25) is 0 Å². The van der Waals surface area contributed by atoms with Gasteiger partial charge in [0.05, 0.1) is 0 Å². The largest absolute Gasteiger partial charge is 0.574 e. The number of halogens is 3. The number of nitrogens with zero attached hydrogens (tertiary/aromatic N) is 1. The first-order valence-electron chi connectivity index (χ1n) is 4.52. The third-order valence-corrected chi connectivity index (χ3v) is 1.96. The molecule has 0 fully saturated rings. The van der Waals surface area contributed by atoms with Crippen LogP contribution < -0.4 is 4.74 Å². The maximum Gasteiger partial charge on any atom is 0.574 e. The molecule has 0 aromatic carbocycles. The van der Waals surface area contributed by atoms with E-state index in [2.05, 4.69) is 9.72 Å². The highest BCUT2D eigenvalue weighted by Crippen LogP contribution is 2.31. The highest BCUT2D eigenvalue weighted by Gasteiger charge is 2.33. The minimum Gasteiger partial charge on any atom is -0.388 e. The van der Waals surface area contributed by atoms with Gasteiger partial charge in [-0.1, -0.05) is 13.8 Å². The Bertz CT molecular complexity index is 347. The molecule has 84 valence electrons. The Kier molecular flexibility index (Phi) is 3.21. The summed E-state index contributed by atoms with van der Waals surface area (Å²) in [4.78, 5) is 3.60. The molecule has 0 radical (unpaired) electrons. The summed E-state index contributed by atoms with van der Waals surface area (Å²) in [5, 5.41) is 0. The summed E-state index contributed by atoms with van der Waals surface area (Å²) >= 11 is 0. The van der Waals surface area contributed by atoms with Gasteiger partial charge < -0.3 is 4.74 Å². The van der Waals surface area contributed by atoms with Crippen molar-refractivity contribution in [1.29, 1.82) is 0 Å². The summed E-state index contributed by atoms with van der Waals surface area (Å²) in [6.45, 7) is 5.33. The third-order valence-electron chi connectivity index (χ3n) is 1.96. The highest BCUT2D eigenvalue weighted by molar-refractivity contribution is 5.36. The van der Waals surface area contributed by atoms with Crippen molar-refractivity contribution in [2.75, 3.05) is 0 Å². The number of aryl methyl sites for hydroxylation is 1. The van der Waals surface area contributed by atoms with E-state index in [1.165, 1.54) is 6.20 Å². The van der Waals surface area contributed by atoms with Crippen LogP contribution in [0.3, 0.4) is 0 Å². The average molecular weight is 219 g/mol. The summed E-state index contributed by atoms with van der Waals surface area (Å²) in [7, 11) is 0. The first kappa shape index (κ1) is 11.8. The van der Waals surface area contributed by atoms with E-state index in [0.29, 0.717) is 5.56 Å². The van der Waals surface area contributed by atoms with Gasteiger partial charge in [-0.15, -0.1) is 13.2 Å². The molecule has 1 heterocycles. The Morgan fingerprint density at radius 3 is 2.40 bits per heavy atom. The normalized spacial score (nSPS) is 11.9. The molecule has 2 nitrogen and oxygen atoms in total. The molecule has 0 saturated heterocycles. The lowest BCUT2D eigenvalue weighted by atomic mass is 10.00. The molecule has 0 aliphatic heterocycles. The molecule has 5 heteroatoms. The van der Waals surface area contributed by atoms with Crippen LogP contribution in [0.5, 0.6) is 5.88 Å². The summed E-state index contributed by atoms with van der Waals surface area (Å²) in [5.74, 6) is -0.409. The van der Waals surface area contributed by atoms with Crippen LogP contribution in [0.15, 0.2) is 12.3 Å². The quantitative estimate of drug-likeness (QED) is 0.760. The molecule has 0 saturated carbocycles. The van der Waals surface area contributed by atoms with Gasteiger partial charge in [0.15, 0.2) is 0 Å². The van der Waals surface area contributed by atoms with Crippen molar-refractivity contribution in [3.63, 3.8) is 0 Å². The Morgan fingerprint density at radius 2 is 1.93 bits per heavy atom. The van der Waals surface area contributed by atoms with E-state index >= 15 is 0 Å². The topological polar surface area (TPSA) is 22.1 Å². The number of pyridine rings is 1. The molecule has 1 rings (SSSR count). The second kappa shape index (κ2) is 4.08. The van der Waals surface area contributed by atoms with Gasteiger partial charge in [0.1, 0.15) is 0 Å². The Balaban J connectivity index is 3.12. The minimum atomic E-state index is -4.69. The van der Waals surface area contributed by atoms with E-state index in [1.54, 1.807) is 26.8 Å². The van der Waals surface area contributed by atoms with E-state index in [4.69, 9.17) is 0 Å². The van der Waals surface area contributed by atoms with Crippen LogP contribution in [0.25, 0.3) is 0 Å². The summed E-state index contributed by atoms with van der Waals surface area (Å²) < 4.78 is 40.0. The van der Waals surface area contributed by atoms with Crippen molar-refractivity contribution in [3.05, 3.63) is 23.4 Å². The van der Waals surface area contributed by atoms with Gasteiger partial charge in [0.25, 0.3) is 0 Å². The molecule has 0 unspecified atom stereocenters. The number of alkyl halides is 3. The van der Waals surface area contributed by atoms with Crippen LogP contribution in [-0.2, 0) is 0 Å². The Morgan fingerprint density at radius 1 is 1.33 bits per heavy atom. The highest BCUT2D eigenvalue weighted by atomic mass is 19.4. The molecule has 0 N–H and O–H groups in total. The molecule has 0 bridgehead atoms. The molecule has 0 aliphatic rings. The molecule has 1 aromatic heterocycles. The van der Waals surface area contributed by atoms with E-state index in [0.717, 1.165) is 5.56 Å². The van der Waals surface area contributed by atoms with Crippen molar-refractivity contribution in [2.45, 2.75) is 33.1 Å². The SMILES string of the molecule is Cc1ccnc(OC(F)(F)F)c1C(C)C. The molecular formula is C10H12F3NO. The summed E-state index contributed by atoms with van der Waals surface area (Å²) in [6.07, 6.45) is -3.38. The fourth-order valence-corrected chi connectivity index (χ4v) is 1.44. The van der Waals surface area contributed by atoms with Gasteiger partial charge >= 0.3 is 6.36 Å². The van der Waals surface area contributed by atoms with Crippen molar-refractivity contribution < 1.29 is 17.9 Å². The molecular weight excluding hydrogens is 207 g/mol. The fourth-order valence-electron chi connectivity index (χ4n) is 1.44. The molecule has 15 heavy (non-hydrogen) atoms. The predicted octanol–water partition coefficient (Wildman–Crippen LogP) is 3.41.